The molecule has 0 radical (unpaired) electrons. The molecule has 1 fully saturated rings. The Labute approximate surface area is 142 Å². The first-order chi connectivity index (χ1) is 11.5. The zero-order chi connectivity index (χ0) is 17.3. The zero-order valence-corrected chi connectivity index (χ0v) is 14.3. The molecule has 1 heterocycles. The number of amides is 2. The van der Waals surface area contributed by atoms with Crippen molar-refractivity contribution in [2.75, 3.05) is 7.05 Å². The van der Waals surface area contributed by atoms with E-state index in [0.29, 0.717) is 6.42 Å². The fourth-order valence-corrected chi connectivity index (χ4v) is 3.37. The SMILES string of the molecule is CC(=O)N1C(Cc2ccccc2)C(=O)N(C)C1c1ccc(C)cc1. The van der Waals surface area contributed by atoms with E-state index in [1.807, 2.05) is 61.5 Å². The second-order valence-electron chi connectivity index (χ2n) is 6.37. The molecule has 1 saturated heterocycles. The maximum atomic E-state index is 12.8. The summed E-state index contributed by atoms with van der Waals surface area (Å²) < 4.78 is 0. The lowest BCUT2D eigenvalue weighted by Crippen LogP contribution is -2.39. The molecule has 24 heavy (non-hydrogen) atoms. The fraction of sp³-hybridized carbons (Fsp3) is 0.300. The summed E-state index contributed by atoms with van der Waals surface area (Å²) in [6.07, 6.45) is 0.190. The standard InChI is InChI=1S/C20H22N2O2/c1-14-9-11-17(12-10-14)19-21(3)20(24)18(22(19)15(2)23)13-16-7-5-4-6-8-16/h4-12,18-19H,13H2,1-3H3. The van der Waals surface area contributed by atoms with Crippen molar-refractivity contribution in [3.63, 3.8) is 0 Å². The topological polar surface area (TPSA) is 40.6 Å². The van der Waals surface area contributed by atoms with Gasteiger partial charge >= 0.3 is 0 Å². The smallest absolute Gasteiger partial charge is 0.247 e. The van der Waals surface area contributed by atoms with E-state index in [1.165, 1.54) is 6.92 Å². The molecule has 2 aromatic rings. The highest BCUT2D eigenvalue weighted by Gasteiger charge is 2.46. The average Bonchev–Trinajstić information content (AvgIpc) is 2.82. The summed E-state index contributed by atoms with van der Waals surface area (Å²) in [6.45, 7) is 3.56. The molecule has 124 valence electrons. The van der Waals surface area contributed by atoms with Crippen LogP contribution in [0.2, 0.25) is 0 Å². The molecule has 2 atom stereocenters. The Morgan fingerprint density at radius 1 is 1.04 bits per heavy atom. The first-order valence-corrected chi connectivity index (χ1v) is 8.15. The second kappa shape index (κ2) is 6.48. The first-order valence-electron chi connectivity index (χ1n) is 8.15. The van der Waals surface area contributed by atoms with Crippen LogP contribution >= 0.6 is 0 Å². The monoisotopic (exact) mass is 322 g/mol. The van der Waals surface area contributed by atoms with E-state index in [0.717, 1.165) is 16.7 Å². The molecule has 1 aliphatic rings. The number of nitrogens with zero attached hydrogens (tertiary/aromatic N) is 2. The minimum absolute atomic E-state index is 0.0142. The van der Waals surface area contributed by atoms with Gasteiger partial charge in [-0.05, 0) is 18.1 Å². The molecular formula is C20H22N2O2. The molecule has 0 aliphatic carbocycles. The van der Waals surface area contributed by atoms with Crippen molar-refractivity contribution < 1.29 is 9.59 Å². The molecule has 3 rings (SSSR count). The van der Waals surface area contributed by atoms with E-state index in [9.17, 15) is 9.59 Å². The van der Waals surface area contributed by atoms with Crippen LogP contribution in [0.4, 0.5) is 0 Å². The molecule has 0 bridgehead atoms. The van der Waals surface area contributed by atoms with Crippen molar-refractivity contribution in [1.82, 2.24) is 9.80 Å². The molecule has 4 heteroatoms. The van der Waals surface area contributed by atoms with Gasteiger partial charge in [0.1, 0.15) is 12.2 Å². The summed E-state index contributed by atoms with van der Waals surface area (Å²) in [5.41, 5.74) is 3.17. The van der Waals surface area contributed by atoms with Gasteiger partial charge in [0.05, 0.1) is 0 Å². The predicted molar refractivity (Wildman–Crippen MR) is 93.1 cm³/mol. The lowest BCUT2D eigenvalue weighted by Gasteiger charge is -2.29. The summed E-state index contributed by atoms with van der Waals surface area (Å²) in [7, 11) is 1.77. The zero-order valence-electron chi connectivity index (χ0n) is 14.3. The highest BCUT2D eigenvalue weighted by Crippen LogP contribution is 2.34. The molecular weight excluding hydrogens is 300 g/mol. The van der Waals surface area contributed by atoms with Gasteiger partial charge in [-0.1, -0.05) is 60.2 Å². The number of carbonyl (C=O) groups is 2. The number of carbonyl (C=O) groups excluding carboxylic acids is 2. The van der Waals surface area contributed by atoms with Crippen LogP contribution in [0.5, 0.6) is 0 Å². The number of hydrogen-bond donors (Lipinski definition) is 0. The molecule has 4 nitrogen and oxygen atoms in total. The highest BCUT2D eigenvalue weighted by molar-refractivity contribution is 5.91. The number of aryl methyl sites for hydroxylation is 1. The third kappa shape index (κ3) is 2.92. The number of benzene rings is 2. The van der Waals surface area contributed by atoms with Gasteiger partial charge in [0.15, 0.2) is 0 Å². The molecule has 0 spiro atoms. The third-order valence-electron chi connectivity index (χ3n) is 4.61. The summed E-state index contributed by atoms with van der Waals surface area (Å²) in [6, 6.07) is 17.4. The van der Waals surface area contributed by atoms with Crippen molar-refractivity contribution in [2.45, 2.75) is 32.5 Å². The lowest BCUT2D eigenvalue weighted by atomic mass is 10.0. The van der Waals surface area contributed by atoms with Gasteiger partial charge < -0.3 is 9.80 Å². The molecule has 1 aliphatic heterocycles. The number of rotatable bonds is 3. The Hall–Kier alpha value is -2.62. The van der Waals surface area contributed by atoms with Crippen molar-refractivity contribution >= 4 is 11.8 Å². The maximum Gasteiger partial charge on any atom is 0.247 e. The molecule has 2 unspecified atom stereocenters. The van der Waals surface area contributed by atoms with Crippen LogP contribution in [0, 0.1) is 6.92 Å². The van der Waals surface area contributed by atoms with Crippen LogP contribution < -0.4 is 0 Å². The Bertz CT molecular complexity index is 740. The molecule has 2 amide bonds. The van der Waals surface area contributed by atoms with Gasteiger partial charge in [-0.25, -0.2) is 0 Å². The fourth-order valence-electron chi connectivity index (χ4n) is 3.37. The van der Waals surface area contributed by atoms with E-state index < -0.39 is 6.04 Å². The van der Waals surface area contributed by atoms with E-state index >= 15 is 0 Å². The molecule has 2 aromatic carbocycles. The minimum Gasteiger partial charge on any atom is -0.319 e. The predicted octanol–water partition coefficient (Wildman–Crippen LogP) is 2.93. The summed E-state index contributed by atoms with van der Waals surface area (Å²) >= 11 is 0. The van der Waals surface area contributed by atoms with E-state index in [4.69, 9.17) is 0 Å². The van der Waals surface area contributed by atoms with Gasteiger partial charge in [-0.2, -0.15) is 0 Å². The highest BCUT2D eigenvalue weighted by atomic mass is 16.2. The van der Waals surface area contributed by atoms with Crippen molar-refractivity contribution in [2.24, 2.45) is 0 Å². The van der Waals surface area contributed by atoms with Gasteiger partial charge in [0.2, 0.25) is 11.8 Å². The minimum atomic E-state index is -0.457. The Kier molecular flexibility index (Phi) is 4.38. The van der Waals surface area contributed by atoms with Crippen molar-refractivity contribution in [1.29, 1.82) is 0 Å². The van der Waals surface area contributed by atoms with Crippen LogP contribution in [0.15, 0.2) is 54.6 Å². The van der Waals surface area contributed by atoms with Gasteiger partial charge in [0.25, 0.3) is 0 Å². The Balaban J connectivity index is 1.96. The Morgan fingerprint density at radius 2 is 1.67 bits per heavy atom. The van der Waals surface area contributed by atoms with Gasteiger partial charge in [-0.3, -0.25) is 9.59 Å². The van der Waals surface area contributed by atoms with Crippen molar-refractivity contribution in [3.8, 4) is 0 Å². The molecule has 0 N–H and O–H groups in total. The van der Waals surface area contributed by atoms with Crippen LogP contribution in [0.1, 0.15) is 29.8 Å². The summed E-state index contributed by atoms with van der Waals surface area (Å²) in [5, 5.41) is 0. The van der Waals surface area contributed by atoms with Crippen molar-refractivity contribution in [3.05, 3.63) is 71.3 Å². The average molecular weight is 322 g/mol. The van der Waals surface area contributed by atoms with E-state index in [-0.39, 0.29) is 18.0 Å². The van der Waals surface area contributed by atoms with Crippen LogP contribution in [-0.4, -0.2) is 34.7 Å². The van der Waals surface area contributed by atoms with Crippen LogP contribution in [-0.2, 0) is 16.0 Å². The molecule has 0 aromatic heterocycles. The third-order valence-corrected chi connectivity index (χ3v) is 4.61. The van der Waals surface area contributed by atoms with E-state index in [1.54, 1.807) is 16.8 Å². The Morgan fingerprint density at radius 3 is 2.25 bits per heavy atom. The number of hydrogen-bond acceptors (Lipinski definition) is 2. The first kappa shape index (κ1) is 16.2. The molecule has 0 saturated carbocycles. The van der Waals surface area contributed by atoms with E-state index in [2.05, 4.69) is 0 Å². The van der Waals surface area contributed by atoms with Crippen LogP contribution in [0.3, 0.4) is 0 Å². The van der Waals surface area contributed by atoms with Crippen LogP contribution in [0.25, 0.3) is 0 Å². The van der Waals surface area contributed by atoms with Gasteiger partial charge in [-0.15, -0.1) is 0 Å². The summed E-state index contributed by atoms with van der Waals surface area (Å²) in [4.78, 5) is 28.5. The normalized spacial score (nSPS) is 20.5. The largest absolute Gasteiger partial charge is 0.319 e. The quantitative estimate of drug-likeness (QED) is 0.872. The lowest BCUT2D eigenvalue weighted by molar-refractivity contribution is -0.134. The maximum absolute atomic E-state index is 12.8. The summed E-state index contributed by atoms with van der Waals surface area (Å²) in [5.74, 6) is -0.0983. The second-order valence-corrected chi connectivity index (χ2v) is 6.37. The number of likely N-dealkylation sites (N-methyl/N-ethyl adjacent to an activating group) is 1. The van der Waals surface area contributed by atoms with Gasteiger partial charge in [0, 0.05) is 20.4 Å².